The molecule has 0 atom stereocenters. The zero-order valence-corrected chi connectivity index (χ0v) is 12.8. The summed E-state index contributed by atoms with van der Waals surface area (Å²) in [6.07, 6.45) is 1.53. The number of aromatic amines is 1. The molecule has 3 N–H and O–H groups in total. The van der Waals surface area contributed by atoms with Crippen molar-refractivity contribution in [1.82, 2.24) is 20.8 Å². The molecule has 0 fully saturated rings. The second-order valence-electron chi connectivity index (χ2n) is 5.07. The van der Waals surface area contributed by atoms with Crippen LogP contribution in [0.15, 0.2) is 59.2 Å². The second kappa shape index (κ2) is 7.28. The van der Waals surface area contributed by atoms with Gasteiger partial charge in [-0.1, -0.05) is 30.3 Å². The molecule has 1 aromatic carbocycles. The molecular weight excluding hydrogens is 308 g/mol. The van der Waals surface area contributed by atoms with Crippen molar-refractivity contribution in [1.29, 1.82) is 0 Å². The van der Waals surface area contributed by atoms with Gasteiger partial charge in [0.1, 0.15) is 11.5 Å². The zero-order chi connectivity index (χ0) is 16.8. The lowest BCUT2D eigenvalue weighted by molar-refractivity contribution is -0.120. The summed E-state index contributed by atoms with van der Waals surface area (Å²) in [6, 6.07) is 14.6. The second-order valence-corrected chi connectivity index (χ2v) is 5.07. The quantitative estimate of drug-likeness (QED) is 0.642. The van der Waals surface area contributed by atoms with Gasteiger partial charge in [-0.25, -0.2) is 0 Å². The van der Waals surface area contributed by atoms with Gasteiger partial charge in [0.2, 0.25) is 5.91 Å². The smallest absolute Gasteiger partial charge is 0.269 e. The molecule has 2 amide bonds. The van der Waals surface area contributed by atoms with Crippen molar-refractivity contribution in [2.75, 3.05) is 6.54 Å². The molecule has 0 bridgehead atoms. The molecule has 0 saturated carbocycles. The van der Waals surface area contributed by atoms with Crippen molar-refractivity contribution >= 4 is 11.8 Å². The third-order valence-corrected chi connectivity index (χ3v) is 3.34. The Labute approximate surface area is 138 Å². The van der Waals surface area contributed by atoms with Gasteiger partial charge in [-0.15, -0.1) is 0 Å². The standard InChI is InChI=1S/C17H16N4O3/c22-16(18-10-13-7-4-8-24-13)11-19-17(23)15-9-14(20-21-15)12-5-2-1-3-6-12/h1-9H,10-11H2,(H,18,22)(H,19,23)(H,20,21). The molecule has 7 heteroatoms. The molecule has 0 aliphatic carbocycles. The minimum Gasteiger partial charge on any atom is -0.467 e. The monoisotopic (exact) mass is 324 g/mol. The predicted octanol–water partition coefficient (Wildman–Crippen LogP) is 1.72. The van der Waals surface area contributed by atoms with Crippen LogP contribution in [0.1, 0.15) is 16.2 Å². The summed E-state index contributed by atoms with van der Waals surface area (Å²) in [7, 11) is 0. The van der Waals surface area contributed by atoms with Crippen LogP contribution in [0.5, 0.6) is 0 Å². The van der Waals surface area contributed by atoms with Gasteiger partial charge in [0, 0.05) is 5.56 Å². The van der Waals surface area contributed by atoms with Crippen molar-refractivity contribution in [3.63, 3.8) is 0 Å². The number of benzene rings is 1. The number of carbonyl (C=O) groups is 2. The number of amides is 2. The van der Waals surface area contributed by atoms with Gasteiger partial charge in [0.15, 0.2) is 0 Å². The van der Waals surface area contributed by atoms with Gasteiger partial charge >= 0.3 is 0 Å². The summed E-state index contributed by atoms with van der Waals surface area (Å²) in [5, 5.41) is 12.0. The first-order valence-corrected chi connectivity index (χ1v) is 7.40. The molecule has 0 aliphatic heterocycles. The van der Waals surface area contributed by atoms with E-state index in [1.54, 1.807) is 18.2 Å². The number of hydrogen-bond donors (Lipinski definition) is 3. The number of H-pyrrole nitrogens is 1. The summed E-state index contributed by atoms with van der Waals surface area (Å²) < 4.78 is 5.11. The van der Waals surface area contributed by atoms with Crippen LogP contribution >= 0.6 is 0 Å². The molecule has 3 rings (SSSR count). The van der Waals surface area contributed by atoms with E-state index in [2.05, 4.69) is 20.8 Å². The van der Waals surface area contributed by atoms with Crippen molar-refractivity contribution in [2.45, 2.75) is 6.54 Å². The molecule has 24 heavy (non-hydrogen) atoms. The first-order chi connectivity index (χ1) is 11.7. The van der Waals surface area contributed by atoms with E-state index < -0.39 is 5.91 Å². The first-order valence-electron chi connectivity index (χ1n) is 7.40. The van der Waals surface area contributed by atoms with Crippen molar-refractivity contribution < 1.29 is 14.0 Å². The van der Waals surface area contributed by atoms with E-state index in [0.717, 1.165) is 5.56 Å². The molecule has 7 nitrogen and oxygen atoms in total. The lowest BCUT2D eigenvalue weighted by Crippen LogP contribution is -2.36. The third-order valence-electron chi connectivity index (χ3n) is 3.34. The number of nitrogens with zero attached hydrogens (tertiary/aromatic N) is 1. The van der Waals surface area contributed by atoms with Crippen LogP contribution in [-0.4, -0.2) is 28.6 Å². The van der Waals surface area contributed by atoms with Crippen molar-refractivity contribution in [2.24, 2.45) is 0 Å². The SMILES string of the molecule is O=C(CNC(=O)c1cc(-c2ccccc2)n[nH]1)NCc1ccco1. The fraction of sp³-hybridized carbons (Fsp3) is 0.118. The van der Waals surface area contributed by atoms with E-state index >= 15 is 0 Å². The Bertz CT molecular complexity index is 810. The number of furan rings is 1. The molecule has 0 spiro atoms. The zero-order valence-electron chi connectivity index (χ0n) is 12.8. The van der Waals surface area contributed by atoms with E-state index in [1.165, 1.54) is 6.26 Å². The fourth-order valence-electron chi connectivity index (χ4n) is 2.11. The molecule has 0 aliphatic rings. The van der Waals surface area contributed by atoms with Crippen LogP contribution in [0.4, 0.5) is 0 Å². The minimum absolute atomic E-state index is 0.126. The molecular formula is C17H16N4O3. The van der Waals surface area contributed by atoms with E-state index in [0.29, 0.717) is 17.1 Å². The maximum atomic E-state index is 12.0. The highest BCUT2D eigenvalue weighted by molar-refractivity contribution is 5.95. The number of carbonyl (C=O) groups excluding carboxylic acids is 2. The average molecular weight is 324 g/mol. The highest BCUT2D eigenvalue weighted by Gasteiger charge is 2.12. The Kier molecular flexibility index (Phi) is 4.71. The highest BCUT2D eigenvalue weighted by atomic mass is 16.3. The molecule has 3 aromatic rings. The van der Waals surface area contributed by atoms with Gasteiger partial charge < -0.3 is 15.1 Å². The molecule has 0 unspecified atom stereocenters. The molecule has 0 saturated heterocycles. The Morgan fingerprint density at radius 1 is 1.08 bits per heavy atom. The maximum absolute atomic E-state index is 12.0. The lowest BCUT2D eigenvalue weighted by Gasteiger charge is -2.04. The molecule has 2 heterocycles. The van der Waals surface area contributed by atoms with Crippen LogP contribution in [0.3, 0.4) is 0 Å². The number of rotatable bonds is 6. The van der Waals surface area contributed by atoms with Gasteiger partial charge in [-0.2, -0.15) is 5.10 Å². The summed E-state index contributed by atoms with van der Waals surface area (Å²) >= 11 is 0. The molecule has 0 radical (unpaired) electrons. The topological polar surface area (TPSA) is 100 Å². The van der Waals surface area contributed by atoms with Gasteiger partial charge in [-0.3, -0.25) is 14.7 Å². The summed E-state index contributed by atoms with van der Waals surface area (Å²) in [5.41, 5.74) is 1.87. The third kappa shape index (κ3) is 3.89. The van der Waals surface area contributed by atoms with Gasteiger partial charge in [-0.05, 0) is 18.2 Å². The van der Waals surface area contributed by atoms with E-state index in [9.17, 15) is 9.59 Å². The fourth-order valence-corrected chi connectivity index (χ4v) is 2.11. The first kappa shape index (κ1) is 15.5. The Morgan fingerprint density at radius 2 is 1.92 bits per heavy atom. The molecule has 2 aromatic heterocycles. The van der Waals surface area contributed by atoms with Gasteiger partial charge in [0.25, 0.3) is 5.91 Å². The Balaban J connectivity index is 1.50. The largest absolute Gasteiger partial charge is 0.467 e. The summed E-state index contributed by atoms with van der Waals surface area (Å²) in [4.78, 5) is 23.8. The van der Waals surface area contributed by atoms with Crippen LogP contribution in [0.2, 0.25) is 0 Å². The lowest BCUT2D eigenvalue weighted by atomic mass is 10.1. The summed E-state index contributed by atoms with van der Waals surface area (Å²) in [6.45, 7) is 0.156. The Morgan fingerprint density at radius 3 is 2.67 bits per heavy atom. The van der Waals surface area contributed by atoms with Crippen LogP contribution in [0, 0.1) is 0 Å². The normalized spacial score (nSPS) is 10.3. The van der Waals surface area contributed by atoms with E-state index in [-0.39, 0.29) is 19.0 Å². The maximum Gasteiger partial charge on any atom is 0.269 e. The van der Waals surface area contributed by atoms with Crippen LogP contribution < -0.4 is 10.6 Å². The highest BCUT2D eigenvalue weighted by Crippen LogP contribution is 2.16. The average Bonchev–Trinajstić information content (AvgIpc) is 3.30. The number of hydrogen-bond acceptors (Lipinski definition) is 4. The number of aromatic nitrogens is 2. The van der Waals surface area contributed by atoms with Crippen molar-refractivity contribution in [3.05, 3.63) is 66.2 Å². The predicted molar refractivity (Wildman–Crippen MR) is 86.9 cm³/mol. The summed E-state index contributed by atoms with van der Waals surface area (Å²) in [5.74, 6) is -0.0453. The van der Waals surface area contributed by atoms with E-state index in [1.807, 2.05) is 30.3 Å². The van der Waals surface area contributed by atoms with Crippen LogP contribution in [0.25, 0.3) is 11.3 Å². The Hall–Kier alpha value is -3.35. The van der Waals surface area contributed by atoms with Crippen LogP contribution in [-0.2, 0) is 11.3 Å². The molecule has 122 valence electrons. The number of nitrogens with one attached hydrogen (secondary N) is 3. The van der Waals surface area contributed by atoms with Gasteiger partial charge in [0.05, 0.1) is 25.0 Å². The van der Waals surface area contributed by atoms with E-state index in [4.69, 9.17) is 4.42 Å². The van der Waals surface area contributed by atoms with Crippen molar-refractivity contribution in [3.8, 4) is 11.3 Å². The minimum atomic E-state index is -0.391.